The number of aryl methyl sites for hydroxylation is 1. The SMILES string of the molecule is CCCCCn1ncc2c(NC(=O)C(C)(C)C)ncnc21. The van der Waals surface area contributed by atoms with Crippen LogP contribution in [-0.4, -0.2) is 25.7 Å². The van der Waals surface area contributed by atoms with Gasteiger partial charge in [-0.05, 0) is 6.42 Å². The molecule has 2 rings (SSSR count). The molecule has 0 aromatic carbocycles. The van der Waals surface area contributed by atoms with Crippen LogP contribution in [0.25, 0.3) is 11.0 Å². The smallest absolute Gasteiger partial charge is 0.230 e. The number of nitrogens with one attached hydrogen (secondary N) is 1. The molecule has 2 aromatic heterocycles. The van der Waals surface area contributed by atoms with Gasteiger partial charge in [0.2, 0.25) is 5.91 Å². The maximum Gasteiger partial charge on any atom is 0.230 e. The molecule has 0 atom stereocenters. The summed E-state index contributed by atoms with van der Waals surface area (Å²) in [5.41, 5.74) is 0.305. The average molecular weight is 289 g/mol. The second-order valence-electron chi connectivity index (χ2n) is 6.24. The molecule has 0 unspecified atom stereocenters. The molecule has 0 fully saturated rings. The molecular formula is C15H23N5O. The third kappa shape index (κ3) is 3.56. The third-order valence-electron chi connectivity index (χ3n) is 3.32. The van der Waals surface area contributed by atoms with E-state index >= 15 is 0 Å². The molecule has 1 amide bonds. The first-order valence-corrected chi connectivity index (χ1v) is 7.41. The zero-order valence-corrected chi connectivity index (χ0v) is 13.2. The maximum absolute atomic E-state index is 12.1. The molecule has 114 valence electrons. The average Bonchev–Trinajstić information content (AvgIpc) is 2.82. The molecule has 2 heterocycles. The molecule has 2 aromatic rings. The fraction of sp³-hybridized carbons (Fsp3) is 0.600. The topological polar surface area (TPSA) is 72.7 Å². The normalized spacial score (nSPS) is 11.8. The first kappa shape index (κ1) is 15.4. The predicted molar refractivity (Wildman–Crippen MR) is 82.9 cm³/mol. The number of carbonyl (C=O) groups is 1. The van der Waals surface area contributed by atoms with E-state index in [1.165, 1.54) is 19.2 Å². The maximum atomic E-state index is 12.1. The van der Waals surface area contributed by atoms with Crippen LogP contribution in [0.5, 0.6) is 0 Å². The van der Waals surface area contributed by atoms with Gasteiger partial charge >= 0.3 is 0 Å². The zero-order chi connectivity index (χ0) is 15.5. The first-order chi connectivity index (χ1) is 9.93. The summed E-state index contributed by atoms with van der Waals surface area (Å²) in [5, 5.41) is 8.01. The Morgan fingerprint density at radius 2 is 2.05 bits per heavy atom. The van der Waals surface area contributed by atoms with Crippen molar-refractivity contribution in [2.75, 3.05) is 5.32 Å². The van der Waals surface area contributed by atoms with Gasteiger partial charge in [-0.15, -0.1) is 0 Å². The highest BCUT2D eigenvalue weighted by atomic mass is 16.2. The fourth-order valence-corrected chi connectivity index (χ4v) is 1.96. The van der Waals surface area contributed by atoms with Crippen molar-refractivity contribution in [3.63, 3.8) is 0 Å². The van der Waals surface area contributed by atoms with Crippen LogP contribution in [0.15, 0.2) is 12.5 Å². The summed E-state index contributed by atoms with van der Waals surface area (Å²) in [6.45, 7) is 8.61. The lowest BCUT2D eigenvalue weighted by molar-refractivity contribution is -0.123. The van der Waals surface area contributed by atoms with Gasteiger partial charge in [0.15, 0.2) is 5.65 Å². The number of nitrogens with zero attached hydrogens (tertiary/aromatic N) is 4. The number of fused-ring (bicyclic) bond motifs is 1. The molecular weight excluding hydrogens is 266 g/mol. The molecule has 0 aliphatic rings. The van der Waals surface area contributed by atoms with Crippen molar-refractivity contribution in [1.82, 2.24) is 19.7 Å². The Bertz CT molecular complexity index is 627. The lowest BCUT2D eigenvalue weighted by Crippen LogP contribution is -2.28. The van der Waals surface area contributed by atoms with E-state index in [1.54, 1.807) is 6.20 Å². The van der Waals surface area contributed by atoms with Crippen molar-refractivity contribution in [2.24, 2.45) is 5.41 Å². The van der Waals surface area contributed by atoms with E-state index in [0.29, 0.717) is 5.82 Å². The highest BCUT2D eigenvalue weighted by Crippen LogP contribution is 2.22. The number of hydrogen-bond acceptors (Lipinski definition) is 4. The van der Waals surface area contributed by atoms with E-state index in [4.69, 9.17) is 0 Å². The van der Waals surface area contributed by atoms with E-state index in [9.17, 15) is 4.79 Å². The number of anilines is 1. The van der Waals surface area contributed by atoms with Gasteiger partial charge in [0.05, 0.1) is 11.6 Å². The molecule has 6 heteroatoms. The number of carbonyl (C=O) groups excluding carboxylic acids is 1. The monoisotopic (exact) mass is 289 g/mol. The minimum atomic E-state index is -0.464. The molecule has 0 spiro atoms. The molecule has 0 aliphatic heterocycles. The second kappa shape index (κ2) is 6.20. The zero-order valence-electron chi connectivity index (χ0n) is 13.2. The molecule has 0 saturated heterocycles. The van der Waals surface area contributed by atoms with Gasteiger partial charge < -0.3 is 5.32 Å². The van der Waals surface area contributed by atoms with Crippen LogP contribution < -0.4 is 5.32 Å². The molecule has 0 saturated carbocycles. The number of hydrogen-bond donors (Lipinski definition) is 1. The van der Waals surface area contributed by atoms with E-state index in [2.05, 4.69) is 27.3 Å². The fourth-order valence-electron chi connectivity index (χ4n) is 1.96. The van der Waals surface area contributed by atoms with Gasteiger partial charge in [0.1, 0.15) is 12.1 Å². The Kier molecular flexibility index (Phi) is 4.55. The van der Waals surface area contributed by atoms with E-state index in [0.717, 1.165) is 24.0 Å². The summed E-state index contributed by atoms with van der Waals surface area (Å²) >= 11 is 0. The Balaban J connectivity index is 2.24. The first-order valence-electron chi connectivity index (χ1n) is 7.41. The molecule has 6 nitrogen and oxygen atoms in total. The highest BCUT2D eigenvalue weighted by Gasteiger charge is 2.22. The third-order valence-corrected chi connectivity index (χ3v) is 3.32. The van der Waals surface area contributed by atoms with Gasteiger partial charge in [-0.25, -0.2) is 14.6 Å². The molecule has 0 aliphatic carbocycles. The van der Waals surface area contributed by atoms with Gasteiger partial charge in [-0.3, -0.25) is 4.79 Å². The van der Waals surface area contributed by atoms with Crippen LogP contribution in [0, 0.1) is 5.41 Å². The molecule has 21 heavy (non-hydrogen) atoms. The van der Waals surface area contributed by atoms with Crippen molar-refractivity contribution in [2.45, 2.75) is 53.5 Å². The second-order valence-corrected chi connectivity index (χ2v) is 6.24. The van der Waals surface area contributed by atoms with Gasteiger partial charge in [0, 0.05) is 12.0 Å². The lowest BCUT2D eigenvalue weighted by atomic mass is 9.96. The number of amides is 1. The van der Waals surface area contributed by atoms with E-state index in [-0.39, 0.29) is 5.91 Å². The van der Waals surface area contributed by atoms with Crippen molar-refractivity contribution in [1.29, 1.82) is 0 Å². The summed E-state index contributed by atoms with van der Waals surface area (Å²) in [4.78, 5) is 20.6. The van der Waals surface area contributed by atoms with Crippen molar-refractivity contribution in [3.05, 3.63) is 12.5 Å². The Morgan fingerprint density at radius 3 is 2.71 bits per heavy atom. The summed E-state index contributed by atoms with van der Waals surface area (Å²) < 4.78 is 1.87. The molecule has 1 N–H and O–H groups in total. The summed E-state index contributed by atoms with van der Waals surface area (Å²) in [7, 11) is 0. The van der Waals surface area contributed by atoms with E-state index < -0.39 is 5.41 Å². The van der Waals surface area contributed by atoms with Crippen molar-refractivity contribution < 1.29 is 4.79 Å². The summed E-state index contributed by atoms with van der Waals surface area (Å²) in [5.74, 6) is 0.461. The van der Waals surface area contributed by atoms with Gasteiger partial charge in [-0.2, -0.15) is 5.10 Å². The molecule has 0 bridgehead atoms. The van der Waals surface area contributed by atoms with Crippen LogP contribution in [0.2, 0.25) is 0 Å². The Hall–Kier alpha value is -1.98. The number of aromatic nitrogens is 4. The molecule has 0 radical (unpaired) electrons. The Labute approximate surface area is 125 Å². The summed E-state index contributed by atoms with van der Waals surface area (Å²) in [6.07, 6.45) is 6.60. The van der Waals surface area contributed by atoms with Crippen molar-refractivity contribution >= 4 is 22.8 Å². The van der Waals surface area contributed by atoms with Crippen LogP contribution in [-0.2, 0) is 11.3 Å². The van der Waals surface area contributed by atoms with E-state index in [1.807, 2.05) is 25.5 Å². The summed E-state index contributed by atoms with van der Waals surface area (Å²) in [6, 6.07) is 0. The minimum Gasteiger partial charge on any atom is -0.310 e. The van der Waals surface area contributed by atoms with Gasteiger partial charge in [0.25, 0.3) is 0 Å². The largest absolute Gasteiger partial charge is 0.310 e. The number of rotatable bonds is 5. The standard InChI is InChI=1S/C15H23N5O/c1-5-6-7-8-20-13-11(9-18-20)12(16-10-17-13)19-14(21)15(2,3)4/h9-10H,5-8H2,1-4H3,(H,16,17,19,21). The van der Waals surface area contributed by atoms with Crippen LogP contribution in [0.1, 0.15) is 47.0 Å². The predicted octanol–water partition coefficient (Wildman–Crippen LogP) is 3.00. The van der Waals surface area contributed by atoms with Crippen molar-refractivity contribution in [3.8, 4) is 0 Å². The quantitative estimate of drug-likeness (QED) is 0.859. The minimum absolute atomic E-state index is 0.0683. The Morgan fingerprint density at radius 1 is 1.29 bits per heavy atom. The van der Waals surface area contributed by atoms with Crippen LogP contribution >= 0.6 is 0 Å². The van der Waals surface area contributed by atoms with Crippen LogP contribution in [0.4, 0.5) is 5.82 Å². The lowest BCUT2D eigenvalue weighted by Gasteiger charge is -2.17. The number of unbranched alkanes of at least 4 members (excludes halogenated alkanes) is 2. The van der Waals surface area contributed by atoms with Gasteiger partial charge in [-0.1, -0.05) is 40.5 Å². The van der Waals surface area contributed by atoms with Crippen LogP contribution in [0.3, 0.4) is 0 Å². The highest BCUT2D eigenvalue weighted by molar-refractivity contribution is 6.00.